The van der Waals surface area contributed by atoms with E-state index < -0.39 is 0 Å². The second-order valence-electron chi connectivity index (χ2n) is 8.46. The minimum atomic E-state index is 0.423. The highest BCUT2D eigenvalue weighted by Crippen LogP contribution is 2.34. The lowest BCUT2D eigenvalue weighted by molar-refractivity contribution is 0.711. The minimum Gasteiger partial charge on any atom is -0.0981 e. The molecule has 148 valence electrons. The standard InChI is InChI=1S/C27H34S/c1-18-14-20(3)27(15-19(18)2)22(5)21(4)17-28-23(6)25-13-12-24-10-8-7-9-11-26(24)16-25/h12-17,22H,6-11H2,1-5H3/b21-17+. The van der Waals surface area contributed by atoms with Crippen molar-refractivity contribution in [2.24, 2.45) is 0 Å². The molecule has 2 aromatic rings. The van der Waals surface area contributed by atoms with E-state index >= 15 is 0 Å². The average molecular weight is 391 g/mol. The van der Waals surface area contributed by atoms with Gasteiger partial charge in [-0.2, -0.15) is 0 Å². The molecule has 0 fully saturated rings. The molecule has 1 heteroatoms. The molecule has 0 heterocycles. The summed E-state index contributed by atoms with van der Waals surface area (Å²) in [5, 5.41) is 2.30. The molecule has 0 aromatic heterocycles. The molecule has 2 aromatic carbocycles. The first-order chi connectivity index (χ1) is 13.4. The van der Waals surface area contributed by atoms with E-state index in [9.17, 15) is 0 Å². The minimum absolute atomic E-state index is 0.423. The molecule has 0 N–H and O–H groups in total. The van der Waals surface area contributed by atoms with Crippen LogP contribution >= 0.6 is 11.8 Å². The Labute approximate surface area is 176 Å². The number of aryl methyl sites for hydroxylation is 5. The van der Waals surface area contributed by atoms with Crippen molar-refractivity contribution in [2.75, 3.05) is 0 Å². The Morgan fingerprint density at radius 1 is 0.929 bits per heavy atom. The quantitative estimate of drug-likeness (QED) is 0.463. The molecule has 1 atom stereocenters. The molecule has 28 heavy (non-hydrogen) atoms. The van der Waals surface area contributed by atoms with Gasteiger partial charge in [0.05, 0.1) is 0 Å². The monoisotopic (exact) mass is 390 g/mol. The van der Waals surface area contributed by atoms with E-state index in [0.29, 0.717) is 5.92 Å². The summed E-state index contributed by atoms with van der Waals surface area (Å²) in [7, 11) is 0. The zero-order valence-electron chi connectivity index (χ0n) is 18.2. The molecule has 1 aliphatic carbocycles. The highest BCUT2D eigenvalue weighted by Gasteiger charge is 2.13. The van der Waals surface area contributed by atoms with Crippen molar-refractivity contribution >= 4 is 16.7 Å². The summed E-state index contributed by atoms with van der Waals surface area (Å²) >= 11 is 1.77. The van der Waals surface area contributed by atoms with Gasteiger partial charge in [-0.05, 0) is 97.7 Å². The lowest BCUT2D eigenvalue weighted by Gasteiger charge is -2.18. The van der Waals surface area contributed by atoms with Gasteiger partial charge in [0, 0.05) is 10.8 Å². The third-order valence-corrected chi connectivity index (χ3v) is 7.35. The second kappa shape index (κ2) is 9.18. The fourth-order valence-corrected chi connectivity index (χ4v) is 4.91. The van der Waals surface area contributed by atoms with Crippen LogP contribution in [0.1, 0.15) is 78.0 Å². The molecule has 0 radical (unpaired) electrons. The molecule has 0 saturated carbocycles. The van der Waals surface area contributed by atoms with Crippen molar-refractivity contribution in [3.63, 3.8) is 0 Å². The number of thioether (sulfide) groups is 1. The molecule has 0 nitrogen and oxygen atoms in total. The van der Waals surface area contributed by atoms with Gasteiger partial charge in [-0.3, -0.25) is 0 Å². The van der Waals surface area contributed by atoms with Gasteiger partial charge in [0.2, 0.25) is 0 Å². The van der Waals surface area contributed by atoms with Gasteiger partial charge in [-0.25, -0.2) is 0 Å². The Hall–Kier alpha value is -1.73. The zero-order valence-corrected chi connectivity index (χ0v) is 19.0. The summed E-state index contributed by atoms with van der Waals surface area (Å²) in [4.78, 5) is 1.15. The van der Waals surface area contributed by atoms with Gasteiger partial charge in [0.15, 0.2) is 0 Å². The fraction of sp³-hybridized carbons (Fsp3) is 0.407. The van der Waals surface area contributed by atoms with E-state index in [-0.39, 0.29) is 0 Å². The Morgan fingerprint density at radius 2 is 1.61 bits per heavy atom. The molecule has 3 rings (SSSR count). The van der Waals surface area contributed by atoms with Gasteiger partial charge < -0.3 is 0 Å². The van der Waals surface area contributed by atoms with Crippen LogP contribution in [0.3, 0.4) is 0 Å². The highest BCUT2D eigenvalue weighted by atomic mass is 32.2. The summed E-state index contributed by atoms with van der Waals surface area (Å²) < 4.78 is 0. The molecule has 1 aliphatic rings. The van der Waals surface area contributed by atoms with Crippen molar-refractivity contribution < 1.29 is 0 Å². The van der Waals surface area contributed by atoms with Crippen LogP contribution in [0.25, 0.3) is 4.91 Å². The van der Waals surface area contributed by atoms with Crippen LogP contribution < -0.4 is 0 Å². The van der Waals surface area contributed by atoms with Crippen molar-refractivity contribution in [3.8, 4) is 0 Å². The van der Waals surface area contributed by atoms with Gasteiger partial charge in [0.1, 0.15) is 0 Å². The second-order valence-corrected chi connectivity index (χ2v) is 9.43. The van der Waals surface area contributed by atoms with Crippen LogP contribution in [0.15, 0.2) is 47.9 Å². The van der Waals surface area contributed by atoms with Crippen molar-refractivity contribution in [3.05, 3.63) is 86.8 Å². The largest absolute Gasteiger partial charge is 0.0981 e. The molecule has 0 saturated heterocycles. The molecular formula is C27H34S. The lowest BCUT2D eigenvalue weighted by atomic mass is 9.89. The van der Waals surface area contributed by atoms with Crippen molar-refractivity contribution in [1.82, 2.24) is 0 Å². The van der Waals surface area contributed by atoms with E-state index in [2.05, 4.69) is 76.9 Å². The maximum atomic E-state index is 4.36. The molecule has 1 unspecified atom stereocenters. The van der Waals surface area contributed by atoms with Crippen LogP contribution in [-0.4, -0.2) is 0 Å². The summed E-state index contributed by atoms with van der Waals surface area (Å²) in [5.74, 6) is 0.423. The van der Waals surface area contributed by atoms with Gasteiger partial charge in [0.25, 0.3) is 0 Å². The number of hydrogen-bond acceptors (Lipinski definition) is 1. The van der Waals surface area contributed by atoms with Crippen LogP contribution in [-0.2, 0) is 12.8 Å². The van der Waals surface area contributed by atoms with Crippen LogP contribution in [0.4, 0.5) is 0 Å². The van der Waals surface area contributed by atoms with Crippen LogP contribution in [0, 0.1) is 20.8 Å². The number of rotatable bonds is 5. The fourth-order valence-electron chi connectivity index (χ4n) is 4.11. The topological polar surface area (TPSA) is 0 Å². The highest BCUT2D eigenvalue weighted by molar-refractivity contribution is 8.10. The Balaban J connectivity index is 1.73. The van der Waals surface area contributed by atoms with Crippen LogP contribution in [0.2, 0.25) is 0 Å². The summed E-state index contributed by atoms with van der Waals surface area (Å²) in [6.45, 7) is 15.6. The third-order valence-electron chi connectivity index (χ3n) is 6.34. The summed E-state index contributed by atoms with van der Waals surface area (Å²) in [5.41, 5.74) is 11.3. The predicted octanol–water partition coefficient (Wildman–Crippen LogP) is 8.29. The van der Waals surface area contributed by atoms with Gasteiger partial charge in [-0.15, -0.1) is 0 Å². The summed E-state index contributed by atoms with van der Waals surface area (Å²) in [6, 6.07) is 11.7. The average Bonchev–Trinajstić information content (AvgIpc) is 2.92. The molecule has 0 aliphatic heterocycles. The maximum Gasteiger partial charge on any atom is 0.0116 e. The first-order valence-corrected chi connectivity index (χ1v) is 11.5. The zero-order chi connectivity index (χ0) is 20.3. The van der Waals surface area contributed by atoms with Crippen molar-refractivity contribution in [1.29, 1.82) is 0 Å². The summed E-state index contributed by atoms with van der Waals surface area (Å²) in [6.07, 6.45) is 6.47. The first kappa shape index (κ1) is 21.0. The number of allylic oxidation sites excluding steroid dienone is 1. The van der Waals surface area contributed by atoms with Crippen molar-refractivity contribution in [2.45, 2.75) is 72.6 Å². The Kier molecular flexibility index (Phi) is 6.88. The number of fused-ring (bicyclic) bond motifs is 1. The van der Waals surface area contributed by atoms with Gasteiger partial charge in [-0.1, -0.05) is 67.6 Å². The van der Waals surface area contributed by atoms with E-state index in [1.54, 1.807) is 17.3 Å². The van der Waals surface area contributed by atoms with Gasteiger partial charge >= 0.3 is 0 Å². The predicted molar refractivity (Wildman–Crippen MR) is 127 cm³/mol. The molecule has 0 bridgehead atoms. The smallest absolute Gasteiger partial charge is 0.0116 e. The Morgan fingerprint density at radius 3 is 2.36 bits per heavy atom. The molecular weight excluding hydrogens is 356 g/mol. The number of hydrogen-bond donors (Lipinski definition) is 0. The first-order valence-electron chi connectivity index (χ1n) is 10.6. The maximum absolute atomic E-state index is 4.36. The molecule has 0 amide bonds. The Bertz CT molecular complexity index is 901. The van der Waals surface area contributed by atoms with E-state index in [4.69, 9.17) is 0 Å². The van der Waals surface area contributed by atoms with E-state index in [1.807, 2.05) is 0 Å². The molecule has 0 spiro atoms. The van der Waals surface area contributed by atoms with Crippen LogP contribution in [0.5, 0.6) is 0 Å². The third kappa shape index (κ3) is 4.81. The normalized spacial score (nSPS) is 15.7. The lowest BCUT2D eigenvalue weighted by Crippen LogP contribution is -2.00. The van der Waals surface area contributed by atoms with E-state index in [1.165, 1.54) is 71.1 Å². The SMILES string of the molecule is C=C(S/C=C(\C)C(C)c1cc(C)c(C)cc1C)c1ccc2c(c1)CCCCC2. The van der Waals surface area contributed by atoms with E-state index in [0.717, 1.165) is 4.91 Å². The number of benzene rings is 2.